The fourth-order valence-corrected chi connectivity index (χ4v) is 3.63. The summed E-state index contributed by atoms with van der Waals surface area (Å²) < 4.78 is 22.1. The van der Waals surface area contributed by atoms with Crippen molar-refractivity contribution in [3.63, 3.8) is 0 Å². The number of nitrogens with zero attached hydrogens (tertiary/aromatic N) is 3. The fourth-order valence-electron chi connectivity index (χ4n) is 3.63. The molecule has 2 aromatic carbocycles. The molecule has 0 fully saturated rings. The monoisotopic (exact) mass is 409 g/mol. The highest BCUT2D eigenvalue weighted by Gasteiger charge is 2.25. The minimum Gasteiger partial charge on any atom is -0.457 e. The zero-order chi connectivity index (χ0) is 21.1. The van der Waals surface area contributed by atoms with Gasteiger partial charge >= 0.3 is 0 Å². The summed E-state index contributed by atoms with van der Waals surface area (Å²) >= 11 is 0. The Morgan fingerprint density at radius 1 is 1.23 bits per heavy atom. The number of fused-ring (bicyclic) bond motifs is 1. The lowest BCUT2D eigenvalue weighted by atomic mass is 10.1. The van der Waals surface area contributed by atoms with Gasteiger partial charge in [0.2, 0.25) is 0 Å². The molecule has 0 aliphatic carbocycles. The normalized spacial score (nSPS) is 15.1. The molecule has 0 saturated carbocycles. The molecule has 1 unspecified atom stereocenters. The number of benzene rings is 2. The molecule has 8 heteroatoms. The van der Waals surface area contributed by atoms with E-state index in [0.29, 0.717) is 24.6 Å². The highest BCUT2D eigenvalue weighted by Crippen LogP contribution is 2.25. The van der Waals surface area contributed by atoms with Gasteiger partial charge < -0.3 is 20.4 Å². The number of carbonyl (C=O) groups is 1. The number of ether oxygens (including phenoxy) is 1. The van der Waals surface area contributed by atoms with Gasteiger partial charge in [0, 0.05) is 25.4 Å². The van der Waals surface area contributed by atoms with Crippen LogP contribution in [0.1, 0.15) is 27.6 Å². The first kappa shape index (κ1) is 20.0. The third-order valence-corrected chi connectivity index (χ3v) is 5.25. The van der Waals surface area contributed by atoms with Crippen molar-refractivity contribution < 1.29 is 13.9 Å². The van der Waals surface area contributed by atoms with E-state index in [-0.39, 0.29) is 11.5 Å². The van der Waals surface area contributed by atoms with Gasteiger partial charge in [-0.05, 0) is 55.8 Å². The van der Waals surface area contributed by atoms with E-state index in [1.54, 1.807) is 0 Å². The molecule has 1 atom stereocenters. The molecule has 3 N–H and O–H groups in total. The van der Waals surface area contributed by atoms with Crippen LogP contribution < -0.4 is 15.8 Å². The standard InChI is InChI=1S/C22H24FN5O2/c1-14-26-27-21-10-16(13-28(14)21)12-25-22(29)19-11-18(6-7-20(19)23)30-17-4-2-15(3-5-17)8-9-24/h2-7,11,16H,8-10,12-13,24H2,1H3,(H,25,29). The van der Waals surface area contributed by atoms with Crippen LogP contribution in [0.25, 0.3) is 0 Å². The molecule has 0 bridgehead atoms. The second kappa shape index (κ2) is 8.62. The van der Waals surface area contributed by atoms with Gasteiger partial charge in [0.05, 0.1) is 5.56 Å². The van der Waals surface area contributed by atoms with E-state index < -0.39 is 11.7 Å². The number of hydrogen-bond donors (Lipinski definition) is 2. The van der Waals surface area contributed by atoms with Crippen molar-refractivity contribution in [1.29, 1.82) is 0 Å². The average Bonchev–Trinajstić information content (AvgIpc) is 3.31. The van der Waals surface area contributed by atoms with Crippen LogP contribution in [0.4, 0.5) is 4.39 Å². The largest absolute Gasteiger partial charge is 0.457 e. The Kier molecular flexibility index (Phi) is 5.76. The Morgan fingerprint density at radius 2 is 2.00 bits per heavy atom. The third-order valence-electron chi connectivity index (χ3n) is 5.25. The first-order valence-electron chi connectivity index (χ1n) is 9.97. The van der Waals surface area contributed by atoms with Gasteiger partial charge in [-0.3, -0.25) is 4.79 Å². The molecule has 0 radical (unpaired) electrons. The number of hydrogen-bond acceptors (Lipinski definition) is 5. The quantitative estimate of drug-likeness (QED) is 0.626. The van der Waals surface area contributed by atoms with Gasteiger partial charge in [0.1, 0.15) is 29.0 Å². The molecule has 4 rings (SSSR count). The summed E-state index contributed by atoms with van der Waals surface area (Å²) in [6.07, 6.45) is 1.53. The maximum Gasteiger partial charge on any atom is 0.254 e. The zero-order valence-electron chi connectivity index (χ0n) is 16.8. The minimum atomic E-state index is -0.586. The van der Waals surface area contributed by atoms with Crippen LogP contribution in [0.15, 0.2) is 42.5 Å². The Hall–Kier alpha value is -3.26. The van der Waals surface area contributed by atoms with Gasteiger partial charge in [-0.25, -0.2) is 4.39 Å². The molecule has 0 spiro atoms. The van der Waals surface area contributed by atoms with Crippen molar-refractivity contribution in [3.05, 3.63) is 71.1 Å². The Labute approximate surface area is 174 Å². The van der Waals surface area contributed by atoms with E-state index in [4.69, 9.17) is 10.5 Å². The summed E-state index contributed by atoms with van der Waals surface area (Å²) in [4.78, 5) is 12.6. The summed E-state index contributed by atoms with van der Waals surface area (Å²) in [6.45, 7) is 3.68. The topological polar surface area (TPSA) is 95.1 Å². The third kappa shape index (κ3) is 4.33. The highest BCUT2D eigenvalue weighted by atomic mass is 19.1. The lowest BCUT2D eigenvalue weighted by molar-refractivity contribution is 0.0942. The molecular weight excluding hydrogens is 385 g/mol. The highest BCUT2D eigenvalue weighted by molar-refractivity contribution is 5.94. The molecular formula is C22H24FN5O2. The van der Waals surface area contributed by atoms with Crippen LogP contribution in [0.3, 0.4) is 0 Å². The lowest BCUT2D eigenvalue weighted by Crippen LogP contribution is -2.30. The number of nitrogens with one attached hydrogen (secondary N) is 1. The summed E-state index contributed by atoms with van der Waals surface area (Å²) in [5, 5.41) is 11.0. The summed E-state index contributed by atoms with van der Waals surface area (Å²) in [5.41, 5.74) is 6.63. The van der Waals surface area contributed by atoms with Crippen molar-refractivity contribution in [2.75, 3.05) is 13.1 Å². The zero-order valence-corrected chi connectivity index (χ0v) is 16.8. The van der Waals surface area contributed by atoms with Crippen LogP contribution in [0.2, 0.25) is 0 Å². The van der Waals surface area contributed by atoms with E-state index in [1.165, 1.54) is 18.2 Å². The average molecular weight is 409 g/mol. The number of carbonyl (C=O) groups excluding carboxylic acids is 1. The summed E-state index contributed by atoms with van der Waals surface area (Å²) in [5.74, 6) is 1.96. The summed E-state index contributed by atoms with van der Waals surface area (Å²) in [7, 11) is 0. The lowest BCUT2D eigenvalue weighted by Gasteiger charge is -2.12. The van der Waals surface area contributed by atoms with E-state index >= 15 is 0 Å². The van der Waals surface area contributed by atoms with E-state index in [1.807, 2.05) is 35.8 Å². The van der Waals surface area contributed by atoms with Gasteiger partial charge in [0.25, 0.3) is 5.91 Å². The first-order chi connectivity index (χ1) is 14.5. The molecule has 3 aromatic rings. The Bertz CT molecular complexity index is 1050. The molecule has 156 valence electrons. The van der Waals surface area contributed by atoms with Crippen molar-refractivity contribution in [2.45, 2.75) is 26.3 Å². The predicted molar refractivity (Wildman–Crippen MR) is 110 cm³/mol. The molecule has 1 aliphatic heterocycles. The SMILES string of the molecule is Cc1nnc2n1CC(CNC(=O)c1cc(Oc3ccc(CCN)cc3)ccc1F)C2. The molecule has 1 amide bonds. The van der Waals surface area contributed by atoms with Crippen LogP contribution in [-0.4, -0.2) is 33.8 Å². The van der Waals surface area contributed by atoms with Crippen molar-refractivity contribution >= 4 is 5.91 Å². The molecule has 7 nitrogen and oxygen atoms in total. The van der Waals surface area contributed by atoms with Crippen molar-refractivity contribution in [3.8, 4) is 11.5 Å². The number of aryl methyl sites for hydroxylation is 1. The smallest absolute Gasteiger partial charge is 0.254 e. The van der Waals surface area contributed by atoms with Gasteiger partial charge in [0.15, 0.2) is 0 Å². The van der Waals surface area contributed by atoms with E-state index in [2.05, 4.69) is 15.5 Å². The Balaban J connectivity index is 1.38. The van der Waals surface area contributed by atoms with Gasteiger partial charge in [-0.15, -0.1) is 10.2 Å². The van der Waals surface area contributed by atoms with Crippen molar-refractivity contribution in [1.82, 2.24) is 20.1 Å². The van der Waals surface area contributed by atoms with Gasteiger partial charge in [-0.2, -0.15) is 0 Å². The number of nitrogens with two attached hydrogens (primary N) is 1. The van der Waals surface area contributed by atoms with Crippen molar-refractivity contribution in [2.24, 2.45) is 11.7 Å². The van der Waals surface area contributed by atoms with Crippen LogP contribution in [-0.2, 0) is 19.4 Å². The fraction of sp³-hybridized carbons (Fsp3) is 0.318. The number of halogens is 1. The molecule has 2 heterocycles. The predicted octanol–water partition coefficient (Wildman–Crippen LogP) is 2.62. The Morgan fingerprint density at radius 3 is 2.73 bits per heavy atom. The molecule has 0 saturated heterocycles. The molecule has 1 aromatic heterocycles. The summed E-state index contributed by atoms with van der Waals surface area (Å²) in [6, 6.07) is 11.7. The molecule has 30 heavy (non-hydrogen) atoms. The van der Waals surface area contributed by atoms with E-state index in [0.717, 1.165) is 36.6 Å². The van der Waals surface area contributed by atoms with Crippen LogP contribution in [0, 0.1) is 18.7 Å². The number of rotatable bonds is 7. The number of amides is 1. The van der Waals surface area contributed by atoms with Crippen LogP contribution >= 0.6 is 0 Å². The van der Waals surface area contributed by atoms with E-state index in [9.17, 15) is 9.18 Å². The first-order valence-corrected chi connectivity index (χ1v) is 9.97. The minimum absolute atomic E-state index is 0.0409. The van der Waals surface area contributed by atoms with Gasteiger partial charge in [-0.1, -0.05) is 12.1 Å². The maximum atomic E-state index is 14.3. The second-order valence-electron chi connectivity index (χ2n) is 7.48. The maximum absolute atomic E-state index is 14.3. The molecule has 1 aliphatic rings. The number of aromatic nitrogens is 3. The van der Waals surface area contributed by atoms with Crippen LogP contribution in [0.5, 0.6) is 11.5 Å². The second-order valence-corrected chi connectivity index (χ2v) is 7.48.